The average Bonchev–Trinajstić information content (AvgIpc) is 3.30. The monoisotopic (exact) mass is 362 g/mol. The Bertz CT molecular complexity index is 892. The van der Waals surface area contributed by atoms with Gasteiger partial charge in [0.15, 0.2) is 0 Å². The Morgan fingerprint density at radius 2 is 1.44 bits per heavy atom. The van der Waals surface area contributed by atoms with Gasteiger partial charge in [-0.05, 0) is 68.5 Å². The second kappa shape index (κ2) is 5.49. The molecule has 0 spiro atoms. The van der Waals surface area contributed by atoms with E-state index in [0.29, 0.717) is 5.69 Å². The molecule has 5 nitrogen and oxygen atoms in total. The van der Waals surface area contributed by atoms with E-state index in [0.717, 1.165) is 24.8 Å². The minimum Gasteiger partial charge on any atom is -0.373 e. The summed E-state index contributed by atoms with van der Waals surface area (Å²) in [6, 6.07) is 11.7. The van der Waals surface area contributed by atoms with E-state index in [4.69, 9.17) is 4.74 Å². The van der Waals surface area contributed by atoms with Crippen LogP contribution in [-0.2, 0) is 20.7 Å². The van der Waals surface area contributed by atoms with E-state index in [2.05, 4.69) is 4.98 Å². The first-order valence-corrected chi connectivity index (χ1v) is 9.48. The molecule has 27 heavy (non-hydrogen) atoms. The van der Waals surface area contributed by atoms with Crippen molar-refractivity contribution >= 4 is 17.5 Å². The van der Waals surface area contributed by atoms with E-state index in [1.807, 2.05) is 50.2 Å². The maximum atomic E-state index is 13.3. The van der Waals surface area contributed by atoms with E-state index in [-0.39, 0.29) is 24.0 Å². The van der Waals surface area contributed by atoms with Crippen molar-refractivity contribution in [1.82, 2.24) is 4.98 Å². The van der Waals surface area contributed by atoms with Gasteiger partial charge in [0.1, 0.15) is 0 Å². The largest absolute Gasteiger partial charge is 0.373 e. The third-order valence-electron chi connectivity index (χ3n) is 7.03. The Kier molecular flexibility index (Phi) is 3.38. The van der Waals surface area contributed by atoms with E-state index in [9.17, 15) is 9.59 Å². The predicted molar refractivity (Wildman–Crippen MR) is 100 cm³/mol. The third kappa shape index (κ3) is 2.00. The number of rotatable bonds is 3. The van der Waals surface area contributed by atoms with Gasteiger partial charge >= 0.3 is 0 Å². The van der Waals surface area contributed by atoms with Gasteiger partial charge in [-0.3, -0.25) is 14.6 Å². The number of aromatic nitrogens is 1. The van der Waals surface area contributed by atoms with Crippen LogP contribution < -0.4 is 4.90 Å². The Morgan fingerprint density at radius 1 is 0.926 bits per heavy atom. The lowest BCUT2D eigenvalue weighted by atomic mass is 9.59. The zero-order valence-corrected chi connectivity index (χ0v) is 15.5. The van der Waals surface area contributed by atoms with Crippen molar-refractivity contribution in [3.63, 3.8) is 0 Å². The molecule has 0 aliphatic carbocycles. The number of carbonyl (C=O) groups is 2. The molecule has 1 aromatic heterocycles. The van der Waals surface area contributed by atoms with Crippen LogP contribution in [-0.4, -0.2) is 29.0 Å². The van der Waals surface area contributed by atoms with E-state index in [1.54, 1.807) is 12.4 Å². The van der Waals surface area contributed by atoms with Crippen LogP contribution in [0.1, 0.15) is 37.8 Å². The average molecular weight is 362 g/mol. The SMILES string of the molecule is CC12C(=O)N(c3ccc(Cc4ccncc4)cc3)C(=O)C1(C)C1CCC2O1. The number of ether oxygens (including phenoxy) is 1. The van der Waals surface area contributed by atoms with Crippen molar-refractivity contribution in [3.8, 4) is 0 Å². The molecule has 3 fully saturated rings. The lowest BCUT2D eigenvalue weighted by Crippen LogP contribution is -2.48. The molecule has 2 aromatic rings. The highest BCUT2D eigenvalue weighted by Crippen LogP contribution is 2.64. The number of carbonyl (C=O) groups excluding carboxylic acids is 2. The van der Waals surface area contributed by atoms with Crippen LogP contribution >= 0.6 is 0 Å². The molecule has 4 unspecified atom stereocenters. The minimum absolute atomic E-state index is 0.121. The van der Waals surface area contributed by atoms with Crippen LogP contribution in [0.4, 0.5) is 5.69 Å². The van der Waals surface area contributed by atoms with Gasteiger partial charge in [0.25, 0.3) is 0 Å². The van der Waals surface area contributed by atoms with Crippen LogP contribution in [0.15, 0.2) is 48.8 Å². The summed E-state index contributed by atoms with van der Waals surface area (Å²) >= 11 is 0. The molecule has 2 amide bonds. The van der Waals surface area contributed by atoms with Gasteiger partial charge in [-0.1, -0.05) is 12.1 Å². The number of fused-ring (bicyclic) bond motifs is 5. The van der Waals surface area contributed by atoms with Gasteiger partial charge in [-0.15, -0.1) is 0 Å². The van der Waals surface area contributed by atoms with Gasteiger partial charge in [0.05, 0.1) is 28.7 Å². The zero-order chi connectivity index (χ0) is 18.8. The highest BCUT2D eigenvalue weighted by Gasteiger charge is 2.77. The Labute approximate surface area is 158 Å². The van der Waals surface area contributed by atoms with Crippen LogP contribution in [0.3, 0.4) is 0 Å². The summed E-state index contributed by atoms with van der Waals surface area (Å²) in [6.07, 6.45) is 5.75. The molecule has 3 aliphatic heterocycles. The molecule has 5 heteroatoms. The highest BCUT2D eigenvalue weighted by atomic mass is 16.5. The summed E-state index contributed by atoms with van der Waals surface area (Å²) < 4.78 is 5.98. The molecule has 2 bridgehead atoms. The molecular formula is C22H22N2O3. The Hall–Kier alpha value is -2.53. The first-order chi connectivity index (χ1) is 13.0. The second-order valence-electron chi connectivity index (χ2n) is 8.24. The van der Waals surface area contributed by atoms with Crippen molar-refractivity contribution in [3.05, 3.63) is 59.9 Å². The van der Waals surface area contributed by atoms with Crippen LogP contribution in [0.5, 0.6) is 0 Å². The number of imide groups is 1. The van der Waals surface area contributed by atoms with Crippen molar-refractivity contribution < 1.29 is 14.3 Å². The van der Waals surface area contributed by atoms with Crippen molar-refractivity contribution in [2.24, 2.45) is 10.8 Å². The summed E-state index contributed by atoms with van der Waals surface area (Å²) in [4.78, 5) is 32.0. The first kappa shape index (κ1) is 16.6. The third-order valence-corrected chi connectivity index (χ3v) is 7.03. The normalized spacial score (nSPS) is 34.4. The molecule has 3 aliphatic rings. The predicted octanol–water partition coefficient (Wildman–Crippen LogP) is 3.12. The van der Waals surface area contributed by atoms with Crippen LogP contribution in [0.2, 0.25) is 0 Å². The van der Waals surface area contributed by atoms with Crippen LogP contribution in [0, 0.1) is 10.8 Å². The fourth-order valence-electron chi connectivity index (χ4n) is 5.17. The van der Waals surface area contributed by atoms with Crippen molar-refractivity contribution in [2.75, 3.05) is 4.90 Å². The summed E-state index contributed by atoms with van der Waals surface area (Å²) in [5.74, 6) is -0.242. The van der Waals surface area contributed by atoms with Gasteiger partial charge in [-0.2, -0.15) is 0 Å². The topological polar surface area (TPSA) is 59.5 Å². The molecular weight excluding hydrogens is 340 g/mol. The molecule has 0 radical (unpaired) electrons. The number of pyridine rings is 1. The summed E-state index contributed by atoms with van der Waals surface area (Å²) in [6.45, 7) is 3.82. The molecule has 138 valence electrons. The summed E-state index contributed by atoms with van der Waals surface area (Å²) in [5, 5.41) is 0. The lowest BCUT2D eigenvalue weighted by Gasteiger charge is -2.36. The van der Waals surface area contributed by atoms with E-state index in [1.165, 1.54) is 10.5 Å². The van der Waals surface area contributed by atoms with Crippen molar-refractivity contribution in [2.45, 2.75) is 45.3 Å². The number of anilines is 1. The summed E-state index contributed by atoms with van der Waals surface area (Å²) in [5.41, 5.74) is 1.44. The summed E-state index contributed by atoms with van der Waals surface area (Å²) in [7, 11) is 0. The Morgan fingerprint density at radius 3 is 2.00 bits per heavy atom. The van der Waals surface area contributed by atoms with E-state index >= 15 is 0 Å². The number of nitrogens with zero attached hydrogens (tertiary/aromatic N) is 2. The van der Waals surface area contributed by atoms with Gasteiger partial charge < -0.3 is 4.74 Å². The molecule has 5 rings (SSSR count). The molecule has 0 N–H and O–H groups in total. The zero-order valence-electron chi connectivity index (χ0n) is 15.5. The highest BCUT2D eigenvalue weighted by molar-refractivity contribution is 6.26. The number of benzene rings is 1. The van der Waals surface area contributed by atoms with Gasteiger partial charge in [0.2, 0.25) is 11.8 Å². The van der Waals surface area contributed by atoms with Crippen LogP contribution in [0.25, 0.3) is 0 Å². The minimum atomic E-state index is -0.761. The van der Waals surface area contributed by atoms with E-state index < -0.39 is 10.8 Å². The first-order valence-electron chi connectivity index (χ1n) is 9.48. The molecule has 4 atom stereocenters. The van der Waals surface area contributed by atoms with Gasteiger partial charge in [-0.25, -0.2) is 4.90 Å². The maximum Gasteiger partial charge on any atom is 0.243 e. The fraction of sp³-hybridized carbons (Fsp3) is 0.409. The molecule has 0 saturated carbocycles. The smallest absolute Gasteiger partial charge is 0.243 e. The maximum absolute atomic E-state index is 13.3. The number of hydrogen-bond donors (Lipinski definition) is 0. The molecule has 3 saturated heterocycles. The molecule has 1 aromatic carbocycles. The van der Waals surface area contributed by atoms with Crippen molar-refractivity contribution in [1.29, 1.82) is 0 Å². The second-order valence-corrected chi connectivity index (χ2v) is 8.24. The molecule has 4 heterocycles. The number of hydrogen-bond acceptors (Lipinski definition) is 4. The quantitative estimate of drug-likeness (QED) is 0.787. The fourth-order valence-corrected chi connectivity index (χ4v) is 5.17. The van der Waals surface area contributed by atoms with Gasteiger partial charge in [0, 0.05) is 12.4 Å². The lowest BCUT2D eigenvalue weighted by molar-refractivity contribution is -0.132. The standard InChI is InChI=1S/C22H22N2O3/c1-21-17-7-8-18(27-17)22(21,2)20(26)24(19(21)25)16-5-3-14(4-6-16)13-15-9-11-23-12-10-15/h3-6,9-12,17-18H,7-8,13H2,1-2H3. The Balaban J connectivity index is 1.45. The number of amides is 2.